The van der Waals surface area contributed by atoms with Crippen molar-refractivity contribution in [2.24, 2.45) is 17.1 Å². The molecule has 0 rings (SSSR count). The van der Waals surface area contributed by atoms with Crippen molar-refractivity contribution in [3.05, 3.63) is 0 Å². The fraction of sp³-hybridized carbons (Fsp3) is 0.600. The molecule has 2 N–H and O–H groups in total. The molecule has 1 amide bonds. The molecule has 0 bridgehead atoms. The Morgan fingerprint density at radius 1 is 1.57 bits per heavy atom. The molecule has 14 heavy (non-hydrogen) atoms. The third kappa shape index (κ3) is 2.49. The minimum absolute atomic E-state index is 0.141. The molecule has 78 valence electrons. The predicted octanol–water partition coefficient (Wildman–Crippen LogP) is 0.310. The molecule has 0 spiro atoms. The van der Waals surface area contributed by atoms with E-state index in [0.29, 0.717) is 0 Å². The van der Waals surface area contributed by atoms with Crippen LogP contribution in [0.25, 0.3) is 0 Å². The molecule has 4 heteroatoms. The Hall–Kier alpha value is -1.50. The van der Waals surface area contributed by atoms with Gasteiger partial charge in [-0.3, -0.25) is 9.59 Å². The maximum atomic E-state index is 11.3. The van der Waals surface area contributed by atoms with E-state index >= 15 is 0 Å². The van der Waals surface area contributed by atoms with E-state index in [1.54, 1.807) is 13.8 Å². The summed E-state index contributed by atoms with van der Waals surface area (Å²) in [6, 6.07) is 0. The van der Waals surface area contributed by atoms with Gasteiger partial charge in [0.15, 0.2) is 0 Å². The summed E-state index contributed by atoms with van der Waals surface area (Å²) in [6.45, 7) is 3.16. The Bertz CT molecular complexity index is 276. The molecular formula is C10H15NO3. The van der Waals surface area contributed by atoms with Crippen LogP contribution in [-0.4, -0.2) is 19.0 Å². The number of hydrogen-bond acceptors (Lipinski definition) is 3. The van der Waals surface area contributed by atoms with Gasteiger partial charge < -0.3 is 10.5 Å². The monoisotopic (exact) mass is 197 g/mol. The van der Waals surface area contributed by atoms with Gasteiger partial charge in [0, 0.05) is 6.42 Å². The predicted molar refractivity (Wildman–Crippen MR) is 51.9 cm³/mol. The topological polar surface area (TPSA) is 69.4 Å². The zero-order valence-corrected chi connectivity index (χ0v) is 8.66. The average Bonchev–Trinajstić information content (AvgIpc) is 2.12. The Morgan fingerprint density at radius 2 is 2.07 bits per heavy atom. The molecule has 1 atom stereocenters. The van der Waals surface area contributed by atoms with E-state index in [0.717, 1.165) is 0 Å². The van der Waals surface area contributed by atoms with Gasteiger partial charge in [0.25, 0.3) is 0 Å². The lowest BCUT2D eigenvalue weighted by Crippen LogP contribution is -2.42. The van der Waals surface area contributed by atoms with Crippen molar-refractivity contribution in [2.75, 3.05) is 7.11 Å². The first-order chi connectivity index (χ1) is 6.37. The quantitative estimate of drug-likeness (QED) is 0.521. The van der Waals surface area contributed by atoms with E-state index in [1.165, 1.54) is 7.11 Å². The summed E-state index contributed by atoms with van der Waals surface area (Å²) in [5, 5.41) is 0. The van der Waals surface area contributed by atoms with Crippen LogP contribution in [-0.2, 0) is 14.3 Å². The van der Waals surface area contributed by atoms with E-state index in [9.17, 15) is 9.59 Å². The molecule has 0 aliphatic heterocycles. The number of hydrogen-bond donors (Lipinski definition) is 1. The van der Waals surface area contributed by atoms with Gasteiger partial charge in [0.1, 0.15) is 0 Å². The van der Waals surface area contributed by atoms with Crippen molar-refractivity contribution in [1.82, 2.24) is 0 Å². The molecule has 0 fully saturated rings. The molecule has 0 aliphatic rings. The summed E-state index contributed by atoms with van der Waals surface area (Å²) in [6.07, 6.45) is 5.25. The van der Waals surface area contributed by atoms with Gasteiger partial charge in [0.05, 0.1) is 18.4 Å². The number of ether oxygens (including phenoxy) is 1. The lowest BCUT2D eigenvalue weighted by atomic mass is 9.76. The van der Waals surface area contributed by atoms with Gasteiger partial charge >= 0.3 is 5.97 Å². The number of rotatable bonds is 4. The standard InChI is InChI=1S/C10H15NO3/c1-5-6-7(8(12)14-4)10(2,3)9(11)13/h1,7H,6H2,2-4H3,(H2,11,13). The summed E-state index contributed by atoms with van der Waals surface area (Å²) in [5.74, 6) is 0.576. The molecule has 0 aromatic carbocycles. The van der Waals surface area contributed by atoms with Gasteiger partial charge in [-0.15, -0.1) is 12.3 Å². The van der Waals surface area contributed by atoms with Crippen LogP contribution in [0.1, 0.15) is 20.3 Å². The van der Waals surface area contributed by atoms with Crippen molar-refractivity contribution < 1.29 is 14.3 Å². The molecule has 0 radical (unpaired) electrons. The van der Waals surface area contributed by atoms with Crippen LogP contribution in [0.4, 0.5) is 0 Å². The summed E-state index contributed by atoms with van der Waals surface area (Å²) >= 11 is 0. The molecule has 4 nitrogen and oxygen atoms in total. The Kier molecular flexibility index (Phi) is 4.16. The van der Waals surface area contributed by atoms with Gasteiger partial charge in [0.2, 0.25) is 5.91 Å². The normalized spacial score (nSPS) is 12.7. The van der Waals surface area contributed by atoms with E-state index < -0.39 is 23.2 Å². The highest BCUT2D eigenvalue weighted by molar-refractivity contribution is 5.87. The Balaban J connectivity index is 4.92. The largest absolute Gasteiger partial charge is 0.469 e. The van der Waals surface area contributed by atoms with Gasteiger partial charge in [-0.25, -0.2) is 0 Å². The molecule has 0 aliphatic carbocycles. The molecule has 0 saturated carbocycles. The van der Waals surface area contributed by atoms with Crippen LogP contribution in [0.15, 0.2) is 0 Å². The second-order valence-corrected chi connectivity index (χ2v) is 3.57. The third-order valence-corrected chi connectivity index (χ3v) is 2.31. The maximum Gasteiger partial charge on any atom is 0.310 e. The Morgan fingerprint density at radius 3 is 2.36 bits per heavy atom. The summed E-state index contributed by atoms with van der Waals surface area (Å²) < 4.78 is 4.56. The molecule has 0 heterocycles. The molecule has 0 aromatic rings. The second kappa shape index (κ2) is 4.66. The number of primary amides is 1. The van der Waals surface area contributed by atoms with Crippen LogP contribution in [0, 0.1) is 23.7 Å². The zero-order chi connectivity index (χ0) is 11.4. The third-order valence-electron chi connectivity index (χ3n) is 2.31. The zero-order valence-electron chi connectivity index (χ0n) is 8.66. The van der Waals surface area contributed by atoms with Crippen molar-refractivity contribution in [3.8, 4) is 12.3 Å². The summed E-state index contributed by atoms with van der Waals surface area (Å²) in [7, 11) is 1.25. The Labute approximate surface area is 83.8 Å². The second-order valence-electron chi connectivity index (χ2n) is 3.57. The van der Waals surface area contributed by atoms with Gasteiger partial charge in [-0.05, 0) is 0 Å². The van der Waals surface area contributed by atoms with E-state index in [4.69, 9.17) is 12.2 Å². The molecular weight excluding hydrogens is 182 g/mol. The van der Waals surface area contributed by atoms with Crippen molar-refractivity contribution >= 4 is 11.9 Å². The fourth-order valence-corrected chi connectivity index (χ4v) is 1.06. The lowest BCUT2D eigenvalue weighted by Gasteiger charge is -2.27. The van der Waals surface area contributed by atoms with E-state index in [1.807, 2.05) is 0 Å². The summed E-state index contributed by atoms with van der Waals surface area (Å²) in [4.78, 5) is 22.4. The number of methoxy groups -OCH3 is 1. The number of esters is 1. The highest BCUT2D eigenvalue weighted by Crippen LogP contribution is 2.29. The first-order valence-corrected chi connectivity index (χ1v) is 4.19. The van der Waals surface area contributed by atoms with E-state index in [-0.39, 0.29) is 6.42 Å². The fourth-order valence-electron chi connectivity index (χ4n) is 1.06. The summed E-state index contributed by atoms with van der Waals surface area (Å²) in [5.41, 5.74) is 4.19. The van der Waals surface area contributed by atoms with Crippen molar-refractivity contribution in [1.29, 1.82) is 0 Å². The highest BCUT2D eigenvalue weighted by Gasteiger charge is 2.40. The van der Waals surface area contributed by atoms with Crippen molar-refractivity contribution in [3.63, 3.8) is 0 Å². The molecule has 0 aromatic heterocycles. The van der Waals surface area contributed by atoms with Crippen LogP contribution in [0.5, 0.6) is 0 Å². The van der Waals surface area contributed by atoms with Gasteiger partial charge in [-0.1, -0.05) is 13.8 Å². The first-order valence-electron chi connectivity index (χ1n) is 4.19. The number of terminal acetylenes is 1. The minimum Gasteiger partial charge on any atom is -0.469 e. The number of amides is 1. The van der Waals surface area contributed by atoms with Crippen LogP contribution in [0.3, 0.4) is 0 Å². The number of carbonyl (C=O) groups is 2. The highest BCUT2D eigenvalue weighted by atomic mass is 16.5. The first kappa shape index (κ1) is 12.5. The van der Waals surface area contributed by atoms with Crippen LogP contribution >= 0.6 is 0 Å². The molecule has 1 unspecified atom stereocenters. The van der Waals surface area contributed by atoms with Gasteiger partial charge in [-0.2, -0.15) is 0 Å². The van der Waals surface area contributed by atoms with Crippen LogP contribution < -0.4 is 5.73 Å². The molecule has 0 saturated heterocycles. The average molecular weight is 197 g/mol. The maximum absolute atomic E-state index is 11.3. The smallest absolute Gasteiger partial charge is 0.310 e. The SMILES string of the molecule is C#CCC(C(=O)OC)C(C)(C)C(N)=O. The number of nitrogens with two attached hydrogens (primary N) is 1. The number of carbonyl (C=O) groups excluding carboxylic acids is 2. The van der Waals surface area contributed by atoms with E-state index in [2.05, 4.69) is 10.7 Å². The van der Waals surface area contributed by atoms with Crippen molar-refractivity contribution in [2.45, 2.75) is 20.3 Å². The minimum atomic E-state index is -0.987. The lowest BCUT2D eigenvalue weighted by molar-refractivity contribution is -0.153. The van der Waals surface area contributed by atoms with Crippen LogP contribution in [0.2, 0.25) is 0 Å².